The topological polar surface area (TPSA) is 44.4 Å². The van der Waals surface area contributed by atoms with E-state index in [0.717, 1.165) is 13.1 Å². The van der Waals surface area contributed by atoms with E-state index < -0.39 is 0 Å². The molecule has 0 saturated carbocycles. The van der Waals surface area contributed by atoms with E-state index in [1.165, 1.54) is 13.3 Å². The van der Waals surface area contributed by atoms with Gasteiger partial charge in [-0.1, -0.05) is 0 Å². The second-order valence-corrected chi connectivity index (χ2v) is 2.42. The van der Waals surface area contributed by atoms with E-state index in [0.29, 0.717) is 6.67 Å². The number of nitrogens with zero attached hydrogens (tertiary/aromatic N) is 1. The zero-order chi connectivity index (χ0) is 7.40. The predicted molar refractivity (Wildman–Crippen MR) is 38.0 cm³/mol. The average molecular weight is 143 g/mol. The SMILES string of the molecule is CC(=O)NCN1CCCN1. The Morgan fingerprint density at radius 1 is 1.80 bits per heavy atom. The molecule has 0 radical (unpaired) electrons. The summed E-state index contributed by atoms with van der Waals surface area (Å²) < 4.78 is 0. The molecule has 1 aliphatic heterocycles. The Morgan fingerprint density at radius 2 is 2.60 bits per heavy atom. The third-order valence-corrected chi connectivity index (χ3v) is 1.46. The van der Waals surface area contributed by atoms with Crippen LogP contribution >= 0.6 is 0 Å². The summed E-state index contributed by atoms with van der Waals surface area (Å²) in [7, 11) is 0. The molecule has 0 aromatic rings. The molecule has 0 aromatic heterocycles. The van der Waals surface area contributed by atoms with Crippen molar-refractivity contribution in [3.63, 3.8) is 0 Å². The highest BCUT2D eigenvalue weighted by Gasteiger charge is 2.09. The lowest BCUT2D eigenvalue weighted by Crippen LogP contribution is -2.40. The fourth-order valence-electron chi connectivity index (χ4n) is 0.928. The molecule has 1 aliphatic rings. The van der Waals surface area contributed by atoms with E-state index in [9.17, 15) is 4.79 Å². The number of carbonyl (C=O) groups excluding carboxylic acids is 1. The monoisotopic (exact) mass is 143 g/mol. The third-order valence-electron chi connectivity index (χ3n) is 1.46. The molecule has 1 amide bonds. The van der Waals surface area contributed by atoms with Crippen LogP contribution in [0.4, 0.5) is 0 Å². The third kappa shape index (κ3) is 2.33. The zero-order valence-electron chi connectivity index (χ0n) is 6.18. The Labute approximate surface area is 60.5 Å². The molecule has 0 bridgehead atoms. The van der Waals surface area contributed by atoms with Gasteiger partial charge in [-0.2, -0.15) is 0 Å². The highest BCUT2D eigenvalue weighted by Crippen LogP contribution is 1.92. The van der Waals surface area contributed by atoms with Crippen molar-refractivity contribution in [2.24, 2.45) is 0 Å². The van der Waals surface area contributed by atoms with Crippen LogP contribution in [0, 0.1) is 0 Å². The van der Waals surface area contributed by atoms with Crippen LogP contribution in [0.3, 0.4) is 0 Å². The number of carbonyl (C=O) groups is 1. The lowest BCUT2D eigenvalue weighted by molar-refractivity contribution is -0.119. The molecule has 0 spiro atoms. The minimum absolute atomic E-state index is 0.0219. The smallest absolute Gasteiger partial charge is 0.217 e. The molecule has 1 heterocycles. The summed E-state index contributed by atoms with van der Waals surface area (Å²) in [5, 5.41) is 4.71. The number of hydrazine groups is 1. The Kier molecular flexibility index (Phi) is 2.65. The van der Waals surface area contributed by atoms with Crippen molar-refractivity contribution >= 4 is 5.91 Å². The minimum atomic E-state index is 0.0219. The van der Waals surface area contributed by atoms with Crippen LogP contribution in [-0.4, -0.2) is 30.7 Å². The van der Waals surface area contributed by atoms with E-state index in [2.05, 4.69) is 10.7 Å². The fraction of sp³-hybridized carbons (Fsp3) is 0.833. The molecule has 4 heteroatoms. The van der Waals surface area contributed by atoms with E-state index in [1.54, 1.807) is 0 Å². The number of hydrogen-bond donors (Lipinski definition) is 2. The summed E-state index contributed by atoms with van der Waals surface area (Å²) in [6, 6.07) is 0. The van der Waals surface area contributed by atoms with Gasteiger partial charge >= 0.3 is 0 Å². The fourth-order valence-corrected chi connectivity index (χ4v) is 0.928. The Morgan fingerprint density at radius 3 is 3.10 bits per heavy atom. The van der Waals surface area contributed by atoms with Gasteiger partial charge in [0.1, 0.15) is 0 Å². The molecule has 1 rings (SSSR count). The summed E-state index contributed by atoms with van der Waals surface area (Å²) >= 11 is 0. The van der Waals surface area contributed by atoms with Gasteiger partial charge in [0.25, 0.3) is 0 Å². The van der Waals surface area contributed by atoms with E-state index in [4.69, 9.17) is 0 Å². The molecule has 0 aromatic carbocycles. The quantitative estimate of drug-likeness (QED) is 0.536. The van der Waals surface area contributed by atoms with E-state index >= 15 is 0 Å². The maximum absolute atomic E-state index is 10.4. The highest BCUT2D eigenvalue weighted by atomic mass is 16.1. The van der Waals surface area contributed by atoms with Crippen molar-refractivity contribution in [1.82, 2.24) is 15.8 Å². The number of rotatable bonds is 2. The summed E-state index contributed by atoms with van der Waals surface area (Å²) in [6.07, 6.45) is 1.17. The molecule has 1 fully saturated rings. The molecular formula is C6H13N3O. The summed E-state index contributed by atoms with van der Waals surface area (Å²) in [5.41, 5.74) is 3.13. The van der Waals surface area contributed by atoms with Crippen molar-refractivity contribution in [2.45, 2.75) is 13.3 Å². The first kappa shape index (κ1) is 7.50. The Hall–Kier alpha value is -0.610. The molecule has 58 valence electrons. The van der Waals surface area contributed by atoms with Crippen LogP contribution in [-0.2, 0) is 4.79 Å². The van der Waals surface area contributed by atoms with Gasteiger partial charge in [-0.25, -0.2) is 5.01 Å². The highest BCUT2D eigenvalue weighted by molar-refractivity contribution is 5.72. The van der Waals surface area contributed by atoms with Crippen LogP contribution in [0.25, 0.3) is 0 Å². The second-order valence-electron chi connectivity index (χ2n) is 2.42. The molecule has 1 saturated heterocycles. The molecule has 2 N–H and O–H groups in total. The van der Waals surface area contributed by atoms with Crippen LogP contribution in [0.1, 0.15) is 13.3 Å². The first-order chi connectivity index (χ1) is 4.79. The first-order valence-electron chi connectivity index (χ1n) is 3.52. The molecule has 0 atom stereocenters. The van der Waals surface area contributed by atoms with Gasteiger partial charge in [-0.05, 0) is 6.42 Å². The molecule has 0 unspecified atom stereocenters. The molecule has 0 aliphatic carbocycles. The maximum atomic E-state index is 10.4. The predicted octanol–water partition coefficient (Wildman–Crippen LogP) is -0.710. The van der Waals surface area contributed by atoms with Crippen LogP contribution in [0.15, 0.2) is 0 Å². The maximum Gasteiger partial charge on any atom is 0.217 e. The van der Waals surface area contributed by atoms with E-state index in [-0.39, 0.29) is 5.91 Å². The lowest BCUT2D eigenvalue weighted by atomic mass is 10.5. The Balaban J connectivity index is 2.07. The van der Waals surface area contributed by atoms with Gasteiger partial charge in [-0.15, -0.1) is 0 Å². The average Bonchev–Trinajstić information content (AvgIpc) is 2.34. The lowest BCUT2D eigenvalue weighted by Gasteiger charge is -2.14. The van der Waals surface area contributed by atoms with Gasteiger partial charge in [0.2, 0.25) is 5.91 Å². The van der Waals surface area contributed by atoms with Gasteiger partial charge in [0, 0.05) is 20.0 Å². The number of amides is 1. The van der Waals surface area contributed by atoms with Gasteiger partial charge in [0.05, 0.1) is 6.67 Å². The van der Waals surface area contributed by atoms with Gasteiger partial charge in [0.15, 0.2) is 0 Å². The largest absolute Gasteiger partial charge is 0.342 e. The van der Waals surface area contributed by atoms with Crippen molar-refractivity contribution in [3.05, 3.63) is 0 Å². The molecular weight excluding hydrogens is 130 g/mol. The summed E-state index contributed by atoms with van der Waals surface area (Å²) in [5.74, 6) is 0.0219. The molecule has 4 nitrogen and oxygen atoms in total. The van der Waals surface area contributed by atoms with E-state index in [1.807, 2.05) is 5.01 Å². The second kappa shape index (κ2) is 3.53. The van der Waals surface area contributed by atoms with Crippen molar-refractivity contribution in [1.29, 1.82) is 0 Å². The zero-order valence-corrected chi connectivity index (χ0v) is 6.18. The van der Waals surface area contributed by atoms with Crippen LogP contribution in [0.5, 0.6) is 0 Å². The van der Waals surface area contributed by atoms with Crippen LogP contribution < -0.4 is 10.7 Å². The number of hydrogen-bond acceptors (Lipinski definition) is 3. The van der Waals surface area contributed by atoms with Crippen molar-refractivity contribution in [2.75, 3.05) is 19.8 Å². The van der Waals surface area contributed by atoms with Crippen LogP contribution in [0.2, 0.25) is 0 Å². The first-order valence-corrected chi connectivity index (χ1v) is 3.52. The normalized spacial score (nSPS) is 19.3. The minimum Gasteiger partial charge on any atom is -0.342 e. The Bertz CT molecular complexity index is 120. The van der Waals surface area contributed by atoms with Crippen molar-refractivity contribution < 1.29 is 4.79 Å². The molecule has 10 heavy (non-hydrogen) atoms. The van der Waals surface area contributed by atoms with Crippen molar-refractivity contribution in [3.8, 4) is 0 Å². The van der Waals surface area contributed by atoms with Gasteiger partial charge in [-0.3, -0.25) is 10.2 Å². The standard InChI is InChI=1S/C6H13N3O/c1-6(10)7-5-9-4-2-3-8-9/h8H,2-5H2,1H3,(H,7,10). The summed E-state index contributed by atoms with van der Waals surface area (Å²) in [4.78, 5) is 10.4. The number of nitrogens with one attached hydrogen (secondary N) is 2. The van der Waals surface area contributed by atoms with Gasteiger partial charge < -0.3 is 5.32 Å². The summed E-state index contributed by atoms with van der Waals surface area (Å²) in [6.45, 7) is 4.20.